The molecular weight excluding hydrogens is 144 g/mol. The standard InChI is InChI=1S/C6H12O2.C2H6O/c1-3-4-5-8-6(2)7;1-3-2/h3-5H2,1-2H3;1-2H3. The second kappa shape index (κ2) is 12.1. The van der Waals surface area contributed by atoms with Crippen LogP contribution in [0, 0.1) is 0 Å². The van der Waals surface area contributed by atoms with E-state index < -0.39 is 0 Å². The Morgan fingerprint density at radius 1 is 1.36 bits per heavy atom. The average molecular weight is 162 g/mol. The van der Waals surface area contributed by atoms with Crippen LogP contribution in [0.2, 0.25) is 0 Å². The molecule has 0 rings (SSSR count). The van der Waals surface area contributed by atoms with Crippen molar-refractivity contribution in [3.8, 4) is 0 Å². The van der Waals surface area contributed by atoms with Crippen LogP contribution in [0.4, 0.5) is 0 Å². The van der Waals surface area contributed by atoms with E-state index in [0.29, 0.717) is 6.61 Å². The van der Waals surface area contributed by atoms with E-state index in [1.165, 1.54) is 6.92 Å². The van der Waals surface area contributed by atoms with Gasteiger partial charge in [0.1, 0.15) is 0 Å². The fraction of sp³-hybridized carbons (Fsp3) is 0.875. The quantitative estimate of drug-likeness (QED) is 0.467. The molecule has 0 amide bonds. The molecule has 0 aromatic carbocycles. The zero-order valence-electron chi connectivity index (χ0n) is 7.85. The molecule has 0 aromatic rings. The van der Waals surface area contributed by atoms with Gasteiger partial charge in [-0.25, -0.2) is 0 Å². The number of ether oxygens (including phenoxy) is 2. The molecule has 0 N–H and O–H groups in total. The van der Waals surface area contributed by atoms with E-state index in [1.54, 1.807) is 14.2 Å². The summed E-state index contributed by atoms with van der Waals surface area (Å²) in [5.41, 5.74) is 0. The molecule has 0 radical (unpaired) electrons. The second-order valence-electron chi connectivity index (χ2n) is 2.10. The lowest BCUT2D eigenvalue weighted by atomic mass is 10.4. The minimum atomic E-state index is -0.182. The Morgan fingerprint density at radius 2 is 1.82 bits per heavy atom. The summed E-state index contributed by atoms with van der Waals surface area (Å²) in [7, 11) is 3.25. The summed E-state index contributed by atoms with van der Waals surface area (Å²) in [6.07, 6.45) is 2.05. The number of unbranched alkanes of at least 4 members (excludes halogenated alkanes) is 1. The molecule has 0 aliphatic carbocycles. The number of carbonyl (C=O) groups is 1. The molecule has 0 unspecified atom stereocenters. The molecule has 0 aliphatic heterocycles. The molecule has 0 aromatic heterocycles. The van der Waals surface area contributed by atoms with E-state index >= 15 is 0 Å². The van der Waals surface area contributed by atoms with E-state index in [9.17, 15) is 4.79 Å². The number of hydrogen-bond donors (Lipinski definition) is 0. The first kappa shape index (κ1) is 13.1. The van der Waals surface area contributed by atoms with Crippen LogP contribution in [0.1, 0.15) is 26.7 Å². The molecule has 0 heterocycles. The van der Waals surface area contributed by atoms with Gasteiger partial charge in [0, 0.05) is 21.1 Å². The molecule has 3 nitrogen and oxygen atoms in total. The summed E-state index contributed by atoms with van der Waals surface area (Å²) in [4.78, 5) is 10.1. The smallest absolute Gasteiger partial charge is 0.302 e. The van der Waals surface area contributed by atoms with Crippen molar-refractivity contribution in [1.29, 1.82) is 0 Å². The lowest BCUT2D eigenvalue weighted by Gasteiger charge is -1.96. The van der Waals surface area contributed by atoms with Crippen LogP contribution < -0.4 is 0 Å². The van der Waals surface area contributed by atoms with E-state index in [0.717, 1.165) is 12.8 Å². The highest BCUT2D eigenvalue weighted by Crippen LogP contribution is 1.86. The maximum Gasteiger partial charge on any atom is 0.302 e. The zero-order valence-corrected chi connectivity index (χ0v) is 7.85. The Balaban J connectivity index is 0. The maximum absolute atomic E-state index is 10.1. The summed E-state index contributed by atoms with van der Waals surface area (Å²) in [6, 6.07) is 0. The van der Waals surface area contributed by atoms with E-state index in [2.05, 4.69) is 16.4 Å². The van der Waals surface area contributed by atoms with Crippen LogP contribution >= 0.6 is 0 Å². The third-order valence-corrected chi connectivity index (χ3v) is 0.803. The molecule has 11 heavy (non-hydrogen) atoms. The van der Waals surface area contributed by atoms with Crippen LogP contribution in [-0.4, -0.2) is 26.8 Å². The molecule has 0 aliphatic rings. The normalized spacial score (nSPS) is 8.00. The largest absolute Gasteiger partial charge is 0.466 e. The predicted octanol–water partition coefficient (Wildman–Crippen LogP) is 1.61. The van der Waals surface area contributed by atoms with Crippen LogP contribution in [-0.2, 0) is 14.3 Å². The van der Waals surface area contributed by atoms with E-state index in [1.807, 2.05) is 0 Å². The van der Waals surface area contributed by atoms with Crippen molar-refractivity contribution in [3.63, 3.8) is 0 Å². The minimum absolute atomic E-state index is 0.182. The van der Waals surface area contributed by atoms with Crippen LogP contribution in [0.5, 0.6) is 0 Å². The highest BCUT2D eigenvalue weighted by atomic mass is 16.5. The molecule has 68 valence electrons. The van der Waals surface area contributed by atoms with Crippen molar-refractivity contribution in [1.82, 2.24) is 0 Å². The SMILES string of the molecule is CCCCOC(C)=O.COC. The third kappa shape index (κ3) is 26.5. The summed E-state index contributed by atoms with van der Waals surface area (Å²) in [5.74, 6) is -0.182. The van der Waals surface area contributed by atoms with Gasteiger partial charge in [-0.3, -0.25) is 4.79 Å². The summed E-state index contributed by atoms with van der Waals surface area (Å²) in [6.45, 7) is 4.06. The van der Waals surface area contributed by atoms with Crippen molar-refractivity contribution in [2.24, 2.45) is 0 Å². The predicted molar refractivity (Wildman–Crippen MR) is 44.5 cm³/mol. The number of esters is 1. The van der Waals surface area contributed by atoms with Gasteiger partial charge in [0.25, 0.3) is 0 Å². The van der Waals surface area contributed by atoms with Gasteiger partial charge in [0.15, 0.2) is 0 Å². The molecule has 0 spiro atoms. The topological polar surface area (TPSA) is 35.5 Å². The van der Waals surface area contributed by atoms with Gasteiger partial charge in [-0.05, 0) is 6.42 Å². The highest BCUT2D eigenvalue weighted by Gasteiger charge is 1.88. The van der Waals surface area contributed by atoms with Crippen LogP contribution in [0.15, 0.2) is 0 Å². The van der Waals surface area contributed by atoms with Crippen LogP contribution in [0.3, 0.4) is 0 Å². The molecule has 3 heteroatoms. The summed E-state index contributed by atoms with van der Waals surface area (Å²) >= 11 is 0. The number of hydrogen-bond acceptors (Lipinski definition) is 3. The summed E-state index contributed by atoms with van der Waals surface area (Å²) < 4.78 is 8.89. The van der Waals surface area contributed by atoms with Gasteiger partial charge in [0.2, 0.25) is 0 Å². The van der Waals surface area contributed by atoms with Gasteiger partial charge < -0.3 is 9.47 Å². The Bertz CT molecular complexity index is 81.4. The average Bonchev–Trinajstić information content (AvgIpc) is 1.89. The van der Waals surface area contributed by atoms with Crippen molar-refractivity contribution >= 4 is 5.97 Å². The van der Waals surface area contributed by atoms with Gasteiger partial charge >= 0.3 is 5.97 Å². The number of rotatable bonds is 3. The fourth-order valence-corrected chi connectivity index (χ4v) is 0.360. The van der Waals surface area contributed by atoms with Gasteiger partial charge in [-0.2, -0.15) is 0 Å². The van der Waals surface area contributed by atoms with E-state index in [-0.39, 0.29) is 5.97 Å². The van der Waals surface area contributed by atoms with Gasteiger partial charge in [-0.1, -0.05) is 13.3 Å². The fourth-order valence-electron chi connectivity index (χ4n) is 0.360. The third-order valence-electron chi connectivity index (χ3n) is 0.803. The monoisotopic (exact) mass is 162 g/mol. The first-order valence-electron chi connectivity index (χ1n) is 3.72. The zero-order chi connectivity index (χ0) is 9.11. The summed E-state index contributed by atoms with van der Waals surface area (Å²) in [5, 5.41) is 0. The van der Waals surface area contributed by atoms with Crippen molar-refractivity contribution in [2.45, 2.75) is 26.7 Å². The Hall–Kier alpha value is -0.570. The lowest BCUT2D eigenvalue weighted by molar-refractivity contribution is -0.141. The molecule has 0 saturated carbocycles. The molecule has 0 fully saturated rings. The maximum atomic E-state index is 10.1. The number of methoxy groups -OCH3 is 1. The molecular formula is C8H18O3. The first-order valence-corrected chi connectivity index (χ1v) is 3.72. The highest BCUT2D eigenvalue weighted by molar-refractivity contribution is 5.65. The van der Waals surface area contributed by atoms with Crippen molar-refractivity contribution in [2.75, 3.05) is 20.8 Å². The Labute approximate surface area is 68.7 Å². The van der Waals surface area contributed by atoms with E-state index in [4.69, 9.17) is 0 Å². The van der Waals surface area contributed by atoms with Crippen LogP contribution in [0.25, 0.3) is 0 Å². The molecule has 0 bridgehead atoms. The Morgan fingerprint density at radius 3 is 2.09 bits per heavy atom. The second-order valence-corrected chi connectivity index (χ2v) is 2.10. The van der Waals surface area contributed by atoms with Crippen molar-refractivity contribution in [3.05, 3.63) is 0 Å². The van der Waals surface area contributed by atoms with Crippen molar-refractivity contribution < 1.29 is 14.3 Å². The first-order chi connectivity index (χ1) is 5.18. The minimum Gasteiger partial charge on any atom is -0.466 e. The lowest BCUT2D eigenvalue weighted by Crippen LogP contribution is -1.99. The van der Waals surface area contributed by atoms with Gasteiger partial charge in [0.05, 0.1) is 6.61 Å². The number of carbonyl (C=O) groups excluding carboxylic acids is 1. The molecule has 0 atom stereocenters. The Kier molecular flexibility index (Phi) is 14.4. The molecule has 0 saturated heterocycles. The van der Waals surface area contributed by atoms with Gasteiger partial charge in [-0.15, -0.1) is 0 Å².